The average Bonchev–Trinajstić information content (AvgIpc) is 2.88. The van der Waals surface area contributed by atoms with Gasteiger partial charge in [-0.2, -0.15) is 4.31 Å². The summed E-state index contributed by atoms with van der Waals surface area (Å²) in [5, 5.41) is 9.63. The summed E-state index contributed by atoms with van der Waals surface area (Å²) >= 11 is 1.15. The molecule has 0 amide bonds. The van der Waals surface area contributed by atoms with Gasteiger partial charge >= 0.3 is 0 Å². The highest BCUT2D eigenvalue weighted by Crippen LogP contribution is 2.33. The summed E-state index contributed by atoms with van der Waals surface area (Å²) in [7, 11) is -3.45. The summed E-state index contributed by atoms with van der Waals surface area (Å²) in [6.07, 6.45) is 6.45. The Hall–Kier alpha value is -0.630. The summed E-state index contributed by atoms with van der Waals surface area (Å²) in [6.45, 7) is 4.48. The SMILES string of the molecule is Cc1sc(S(=O)(=O)N2CCN(C3CCCCC3)CC2)cc1O. The van der Waals surface area contributed by atoms with E-state index in [0.717, 1.165) is 24.4 Å². The molecule has 1 aliphatic carbocycles. The normalized spacial score (nSPS) is 23.0. The molecule has 0 bridgehead atoms. The third-order valence-corrected chi connectivity index (χ3v) is 8.21. The van der Waals surface area contributed by atoms with E-state index in [1.165, 1.54) is 38.2 Å². The number of aryl methyl sites for hydroxylation is 1. The molecule has 0 unspecified atom stereocenters. The van der Waals surface area contributed by atoms with Gasteiger partial charge < -0.3 is 5.11 Å². The molecule has 1 saturated carbocycles. The van der Waals surface area contributed by atoms with E-state index in [1.807, 2.05) is 0 Å². The Kier molecular flexibility index (Phi) is 4.77. The minimum atomic E-state index is -3.45. The van der Waals surface area contributed by atoms with Crippen LogP contribution >= 0.6 is 11.3 Å². The zero-order chi connectivity index (χ0) is 15.7. The van der Waals surface area contributed by atoms with Crippen LogP contribution in [0, 0.1) is 6.92 Å². The van der Waals surface area contributed by atoms with Crippen molar-refractivity contribution in [2.45, 2.75) is 49.3 Å². The van der Waals surface area contributed by atoms with Crippen molar-refractivity contribution < 1.29 is 13.5 Å². The van der Waals surface area contributed by atoms with Crippen LogP contribution in [0.3, 0.4) is 0 Å². The topological polar surface area (TPSA) is 60.9 Å². The van der Waals surface area contributed by atoms with Gasteiger partial charge in [0.25, 0.3) is 10.0 Å². The van der Waals surface area contributed by atoms with Crippen molar-refractivity contribution in [1.82, 2.24) is 9.21 Å². The third-order valence-electron chi connectivity index (χ3n) is 4.83. The highest BCUT2D eigenvalue weighted by atomic mass is 32.2. The molecule has 1 aliphatic heterocycles. The summed E-state index contributed by atoms with van der Waals surface area (Å²) in [6, 6.07) is 2.02. The van der Waals surface area contributed by atoms with Gasteiger partial charge in [0.05, 0.1) is 0 Å². The van der Waals surface area contributed by atoms with Crippen LogP contribution < -0.4 is 0 Å². The van der Waals surface area contributed by atoms with Gasteiger partial charge in [-0.15, -0.1) is 11.3 Å². The molecular weight excluding hydrogens is 320 g/mol. The van der Waals surface area contributed by atoms with Crippen LogP contribution in [0.1, 0.15) is 37.0 Å². The standard InChI is InChI=1S/C15H24N2O3S2/c1-12-14(18)11-15(21-12)22(19,20)17-9-7-16(8-10-17)13-5-3-2-4-6-13/h11,13,18H,2-10H2,1H3. The minimum absolute atomic E-state index is 0.0735. The molecule has 1 aromatic heterocycles. The molecule has 1 saturated heterocycles. The summed E-state index contributed by atoms with van der Waals surface area (Å²) in [5.74, 6) is 0.0735. The highest BCUT2D eigenvalue weighted by Gasteiger charge is 2.32. The Balaban J connectivity index is 1.65. The zero-order valence-electron chi connectivity index (χ0n) is 13.0. The van der Waals surface area contributed by atoms with E-state index >= 15 is 0 Å². The number of rotatable bonds is 3. The lowest BCUT2D eigenvalue weighted by atomic mass is 9.94. The lowest BCUT2D eigenvalue weighted by Gasteiger charge is -2.40. The van der Waals surface area contributed by atoms with E-state index in [-0.39, 0.29) is 9.96 Å². The molecule has 5 nitrogen and oxygen atoms in total. The second-order valence-corrected chi connectivity index (χ2v) is 9.66. The van der Waals surface area contributed by atoms with Crippen molar-refractivity contribution in [2.75, 3.05) is 26.2 Å². The van der Waals surface area contributed by atoms with Crippen LogP contribution in [0.15, 0.2) is 10.3 Å². The first kappa shape index (κ1) is 16.2. The van der Waals surface area contributed by atoms with E-state index < -0.39 is 10.0 Å². The van der Waals surface area contributed by atoms with E-state index in [0.29, 0.717) is 24.0 Å². The first-order chi connectivity index (χ1) is 10.5. The van der Waals surface area contributed by atoms with Crippen LogP contribution in [0.25, 0.3) is 0 Å². The fourth-order valence-corrected chi connectivity index (χ4v) is 6.36. The van der Waals surface area contributed by atoms with Gasteiger partial charge in [0.15, 0.2) is 0 Å². The Bertz CT molecular complexity index is 593. The maximum atomic E-state index is 12.6. The molecule has 0 radical (unpaired) electrons. The van der Waals surface area contributed by atoms with Gasteiger partial charge in [-0.3, -0.25) is 4.90 Å². The molecule has 3 rings (SSSR count). The molecule has 22 heavy (non-hydrogen) atoms. The average molecular weight is 345 g/mol. The van der Waals surface area contributed by atoms with Crippen molar-refractivity contribution in [1.29, 1.82) is 0 Å². The molecule has 1 aromatic rings. The largest absolute Gasteiger partial charge is 0.507 e. The first-order valence-electron chi connectivity index (χ1n) is 8.02. The smallest absolute Gasteiger partial charge is 0.252 e. The molecular formula is C15H24N2O3S2. The van der Waals surface area contributed by atoms with Gasteiger partial charge in [-0.25, -0.2) is 8.42 Å². The molecule has 124 valence electrons. The number of nitrogens with zero attached hydrogens (tertiary/aromatic N) is 2. The predicted octanol–water partition coefficient (Wildman–Crippen LogP) is 2.40. The van der Waals surface area contributed by atoms with Crippen molar-refractivity contribution in [3.05, 3.63) is 10.9 Å². The van der Waals surface area contributed by atoms with Gasteiger partial charge in [0, 0.05) is 43.2 Å². The molecule has 0 atom stereocenters. The lowest BCUT2D eigenvalue weighted by molar-refractivity contribution is 0.111. The monoisotopic (exact) mass is 344 g/mol. The molecule has 2 heterocycles. The van der Waals surface area contributed by atoms with Crippen molar-refractivity contribution >= 4 is 21.4 Å². The van der Waals surface area contributed by atoms with Crippen LogP contribution in [0.2, 0.25) is 0 Å². The maximum absolute atomic E-state index is 12.6. The molecule has 0 aromatic carbocycles. The number of thiophene rings is 1. The molecule has 2 fully saturated rings. The summed E-state index contributed by atoms with van der Waals surface area (Å²) in [4.78, 5) is 3.11. The predicted molar refractivity (Wildman–Crippen MR) is 87.9 cm³/mol. The van der Waals surface area contributed by atoms with E-state index in [9.17, 15) is 13.5 Å². The Morgan fingerprint density at radius 2 is 1.77 bits per heavy atom. The van der Waals surface area contributed by atoms with Gasteiger partial charge in [0.2, 0.25) is 0 Å². The van der Waals surface area contributed by atoms with Gasteiger partial charge in [0.1, 0.15) is 9.96 Å². The van der Waals surface area contributed by atoms with E-state index in [1.54, 1.807) is 11.2 Å². The quantitative estimate of drug-likeness (QED) is 0.915. The highest BCUT2D eigenvalue weighted by molar-refractivity contribution is 7.91. The third kappa shape index (κ3) is 3.18. The fourth-order valence-electron chi connectivity index (χ4n) is 3.46. The van der Waals surface area contributed by atoms with Crippen LogP contribution in [-0.4, -0.2) is 55.0 Å². The number of sulfonamides is 1. The molecule has 0 spiro atoms. The van der Waals surface area contributed by atoms with Crippen molar-refractivity contribution in [3.8, 4) is 5.75 Å². The number of aromatic hydroxyl groups is 1. The van der Waals surface area contributed by atoms with Gasteiger partial charge in [-0.1, -0.05) is 19.3 Å². The minimum Gasteiger partial charge on any atom is -0.507 e. The Labute approximate surface area is 136 Å². The second kappa shape index (κ2) is 6.47. The number of piperazine rings is 1. The second-order valence-electron chi connectivity index (χ2n) is 6.24. The first-order valence-corrected chi connectivity index (χ1v) is 10.3. The number of hydrogen-bond acceptors (Lipinski definition) is 5. The van der Waals surface area contributed by atoms with E-state index in [4.69, 9.17) is 0 Å². The van der Waals surface area contributed by atoms with Gasteiger partial charge in [-0.05, 0) is 19.8 Å². The summed E-state index contributed by atoms with van der Waals surface area (Å²) < 4.78 is 27.1. The molecule has 1 N–H and O–H groups in total. The molecule has 7 heteroatoms. The van der Waals surface area contributed by atoms with Crippen molar-refractivity contribution in [2.24, 2.45) is 0 Å². The van der Waals surface area contributed by atoms with Crippen LogP contribution in [0.5, 0.6) is 5.75 Å². The Morgan fingerprint density at radius 3 is 2.32 bits per heavy atom. The molecule has 2 aliphatic rings. The summed E-state index contributed by atoms with van der Waals surface area (Å²) in [5.41, 5.74) is 0. The zero-order valence-corrected chi connectivity index (χ0v) is 14.6. The Morgan fingerprint density at radius 1 is 1.14 bits per heavy atom. The maximum Gasteiger partial charge on any atom is 0.252 e. The lowest BCUT2D eigenvalue weighted by Crippen LogP contribution is -2.52. The van der Waals surface area contributed by atoms with Crippen molar-refractivity contribution in [3.63, 3.8) is 0 Å². The van der Waals surface area contributed by atoms with Crippen LogP contribution in [-0.2, 0) is 10.0 Å². The van der Waals surface area contributed by atoms with E-state index in [2.05, 4.69) is 4.90 Å². The number of hydrogen-bond donors (Lipinski definition) is 1. The fraction of sp³-hybridized carbons (Fsp3) is 0.733. The van der Waals surface area contributed by atoms with Crippen LogP contribution in [0.4, 0.5) is 0 Å².